The number of fused-ring (bicyclic) bond motifs is 1. The van der Waals surface area contributed by atoms with E-state index in [0.29, 0.717) is 0 Å². The lowest BCUT2D eigenvalue weighted by molar-refractivity contribution is -0.384. The third-order valence-electron chi connectivity index (χ3n) is 2.48. The average Bonchev–Trinajstić information content (AvgIpc) is 3.00. The monoisotopic (exact) mass is 293 g/mol. The zero-order valence-electron chi connectivity index (χ0n) is 25.8. The maximum Gasteiger partial charge on any atom is 0.272 e. The van der Waals surface area contributed by atoms with Crippen LogP contribution in [0.5, 0.6) is 5.75 Å². The molecule has 0 bridgehead atoms. The summed E-state index contributed by atoms with van der Waals surface area (Å²) in [6, 6.07) is -2.54. The fraction of sp³-hybridized carbons (Fsp3) is 0.571. The molecule has 1 aromatic rings. The van der Waals surface area contributed by atoms with Gasteiger partial charge in [-0.25, -0.2) is 0 Å². The molecule has 0 aromatic heterocycles. The largest absolute Gasteiger partial charge is 0.488 e. The highest BCUT2D eigenvalue weighted by Crippen LogP contribution is 2.41. The minimum Gasteiger partial charge on any atom is -0.488 e. The van der Waals surface area contributed by atoms with Gasteiger partial charge in [0, 0.05) is 63.7 Å². The van der Waals surface area contributed by atoms with Gasteiger partial charge < -0.3 is 14.5 Å². The summed E-state index contributed by atoms with van der Waals surface area (Å²) in [7, 11) is 0. The van der Waals surface area contributed by atoms with Gasteiger partial charge in [0.25, 0.3) is 5.69 Å². The van der Waals surface area contributed by atoms with E-state index in [1.54, 1.807) is 0 Å². The van der Waals surface area contributed by atoms with Gasteiger partial charge in [-0.15, -0.1) is 0 Å². The zero-order valence-corrected chi connectivity index (χ0v) is 9.80. The Kier molecular flexibility index (Phi) is 1.01. The molecule has 6 nitrogen and oxygen atoms in total. The molecule has 2 aliphatic rings. The van der Waals surface area contributed by atoms with Crippen molar-refractivity contribution in [2.45, 2.75) is 19.4 Å². The fourth-order valence-electron chi connectivity index (χ4n) is 1.69. The third-order valence-corrected chi connectivity index (χ3v) is 2.48. The van der Waals surface area contributed by atoms with Gasteiger partial charge in [-0.1, -0.05) is 0 Å². The van der Waals surface area contributed by atoms with Crippen molar-refractivity contribution < 1.29 is 31.6 Å². The highest BCUT2D eigenvalue weighted by molar-refractivity contribution is 5.68. The topological polar surface area (TPSA) is 58.9 Å². The van der Waals surface area contributed by atoms with Gasteiger partial charge in [0.1, 0.15) is 11.9 Å². The van der Waals surface area contributed by atoms with Crippen LogP contribution in [0.4, 0.5) is 11.4 Å². The second-order valence-corrected chi connectivity index (χ2v) is 3.80. The van der Waals surface area contributed by atoms with Crippen molar-refractivity contribution in [2.75, 3.05) is 37.9 Å². The number of rotatable bonds is 2. The summed E-state index contributed by atoms with van der Waals surface area (Å²) in [4.78, 5) is 9.80. The fourth-order valence-corrected chi connectivity index (χ4v) is 1.69. The van der Waals surface area contributed by atoms with Gasteiger partial charge in [-0.05, 0) is 13.9 Å². The lowest BCUT2D eigenvalue weighted by Crippen LogP contribution is -2.44. The summed E-state index contributed by atoms with van der Waals surface area (Å²) >= 11 is 0. The number of benzene rings is 1. The van der Waals surface area contributed by atoms with E-state index in [4.69, 9.17) is 26.7 Å². The molecule has 20 heavy (non-hydrogen) atoms. The first-order chi connectivity index (χ1) is 16.0. The SMILES string of the molecule is [2H]c1c2c(c(N3C([2H])([2H])C([2H])([2H])N(C([2H])[2H])C([2H])([2H])C3([2H])[2H])c([2H])c1[N+](=O)[O-])OC(C([2H])([2H])[2H])C2[2H]. The van der Waals surface area contributed by atoms with Crippen LogP contribution in [0, 0.1) is 10.1 Å². The smallest absolute Gasteiger partial charge is 0.272 e. The van der Waals surface area contributed by atoms with Gasteiger partial charge in [-0.2, -0.15) is 0 Å². The van der Waals surface area contributed by atoms with E-state index in [0.717, 1.165) is 0 Å². The number of hydrogen-bond acceptors (Lipinski definition) is 5. The number of ether oxygens (including phenoxy) is 1. The Labute approximate surface area is 140 Å². The van der Waals surface area contributed by atoms with E-state index >= 15 is 0 Å². The molecule has 0 aliphatic carbocycles. The van der Waals surface area contributed by atoms with Gasteiger partial charge in [0.15, 0.2) is 0 Å². The van der Waals surface area contributed by atoms with E-state index in [9.17, 15) is 10.1 Å². The Morgan fingerprint density at radius 2 is 2.30 bits per heavy atom. The molecule has 2 aliphatic heterocycles. The molecule has 1 fully saturated rings. The summed E-state index contributed by atoms with van der Waals surface area (Å²) in [5.74, 6) is -0.988. The standard InChI is InChI=1S/C14H19N3O3/c1-10-7-11-8-12(17(18)19)9-13(14(11)20-10)16-5-3-15(2)4-6-16/h8-10H,3-7H2,1-2H3/i1D3,2D2,3D2,4D2,5D2,6D2,7D,8D,9D. The van der Waals surface area contributed by atoms with Gasteiger partial charge in [0.2, 0.25) is 0 Å². The normalized spacial score (nSPS) is 48.8. The number of likely N-dealkylation sites (N-methyl/N-ethyl adjacent to an activating group) is 1. The van der Waals surface area contributed by atoms with Crippen molar-refractivity contribution in [3.63, 3.8) is 0 Å². The average molecular weight is 293 g/mol. The number of piperazine rings is 1. The molecule has 0 N–H and O–H groups in total. The Morgan fingerprint density at radius 3 is 2.95 bits per heavy atom. The van der Waals surface area contributed by atoms with E-state index in [-0.39, 0.29) is 9.80 Å². The molecular formula is C14H19N3O3. The Morgan fingerprint density at radius 1 is 1.50 bits per heavy atom. The number of hydrogen-bond donors (Lipinski definition) is 0. The molecule has 2 unspecified atom stereocenters. The summed E-state index contributed by atoms with van der Waals surface area (Å²) in [6.07, 6.45) is -4.11. The molecule has 0 saturated carbocycles. The van der Waals surface area contributed by atoms with Gasteiger partial charge in [0.05, 0.1) is 18.8 Å². The summed E-state index contributed by atoms with van der Waals surface area (Å²) < 4.78 is 134. The first kappa shape index (κ1) is 4.10. The molecule has 0 amide bonds. The first-order valence-electron chi connectivity index (χ1n) is 13.5. The van der Waals surface area contributed by atoms with Crippen molar-refractivity contribution in [1.82, 2.24) is 4.90 Å². The number of nitro groups is 1. The lowest BCUT2D eigenvalue weighted by Gasteiger charge is -2.34. The summed E-state index contributed by atoms with van der Waals surface area (Å²) in [5.41, 5.74) is -3.49. The predicted octanol–water partition coefficient (Wildman–Crippen LogP) is 1.67. The predicted molar refractivity (Wildman–Crippen MR) is 76.6 cm³/mol. The molecule has 6 heteroatoms. The molecule has 0 radical (unpaired) electrons. The first-order valence-corrected chi connectivity index (χ1v) is 5.32. The number of nitro benzene ring substituents is 1. The van der Waals surface area contributed by atoms with Crippen molar-refractivity contribution in [3.05, 3.63) is 27.8 Å². The summed E-state index contributed by atoms with van der Waals surface area (Å²) in [5, 5.41) is 11.7. The lowest BCUT2D eigenvalue weighted by atomic mass is 10.1. The van der Waals surface area contributed by atoms with Crippen LogP contribution in [0.2, 0.25) is 0 Å². The maximum absolute atomic E-state index is 11.7. The maximum atomic E-state index is 11.7. The Bertz CT molecular complexity index is 1080. The molecule has 2 atom stereocenters. The van der Waals surface area contributed by atoms with Crippen molar-refractivity contribution in [3.8, 4) is 5.75 Å². The molecule has 1 aromatic carbocycles. The molecule has 2 heterocycles. The van der Waals surface area contributed by atoms with Crippen LogP contribution >= 0.6 is 0 Å². The molecule has 108 valence electrons. The second kappa shape index (κ2) is 4.94. The van der Waals surface area contributed by atoms with Crippen LogP contribution in [0.25, 0.3) is 0 Å². The highest BCUT2D eigenvalue weighted by atomic mass is 16.6. The third kappa shape index (κ3) is 2.31. The zero-order chi connectivity index (χ0) is 28.1. The van der Waals surface area contributed by atoms with Crippen LogP contribution in [-0.2, 0) is 6.40 Å². The number of anilines is 1. The van der Waals surface area contributed by atoms with Crippen LogP contribution in [0.3, 0.4) is 0 Å². The Hall–Kier alpha value is -1.82. The van der Waals surface area contributed by atoms with E-state index in [2.05, 4.69) is 0 Å². The highest BCUT2D eigenvalue weighted by Gasteiger charge is 2.29. The molecular weight excluding hydrogens is 258 g/mol. The molecule has 1 saturated heterocycles. The van der Waals surface area contributed by atoms with E-state index in [1.807, 2.05) is 0 Å². The van der Waals surface area contributed by atoms with E-state index < -0.39 is 92.0 Å². The van der Waals surface area contributed by atoms with Crippen LogP contribution in [0.15, 0.2) is 12.1 Å². The number of nitrogens with zero attached hydrogens (tertiary/aromatic N) is 3. The minimum absolute atomic E-state index is 0.304. The van der Waals surface area contributed by atoms with Crippen molar-refractivity contribution in [2.24, 2.45) is 0 Å². The van der Waals surface area contributed by atoms with Crippen LogP contribution in [-0.4, -0.2) is 48.9 Å². The molecule has 0 spiro atoms. The van der Waals surface area contributed by atoms with Gasteiger partial charge in [-0.3, -0.25) is 10.1 Å². The molecule has 3 rings (SSSR count). The van der Waals surface area contributed by atoms with Crippen molar-refractivity contribution >= 4 is 11.4 Å². The van der Waals surface area contributed by atoms with Crippen LogP contribution < -0.4 is 9.64 Å². The second-order valence-electron chi connectivity index (χ2n) is 3.80. The minimum atomic E-state index is -3.78. The van der Waals surface area contributed by atoms with Crippen molar-refractivity contribution in [1.29, 1.82) is 0 Å². The summed E-state index contributed by atoms with van der Waals surface area (Å²) in [6.45, 7) is -20.6. The van der Waals surface area contributed by atoms with Gasteiger partial charge >= 0.3 is 0 Å². The van der Waals surface area contributed by atoms with Crippen LogP contribution in [0.1, 0.15) is 34.3 Å². The Balaban J connectivity index is 2.50. The van der Waals surface area contributed by atoms with E-state index in [1.165, 1.54) is 0 Å². The quantitative estimate of drug-likeness (QED) is 0.613.